The van der Waals surface area contributed by atoms with Crippen LogP contribution in [0.5, 0.6) is 0 Å². The van der Waals surface area contributed by atoms with Gasteiger partial charge in [0.1, 0.15) is 11.5 Å². The molecule has 0 saturated carbocycles. The third-order valence-corrected chi connectivity index (χ3v) is 9.15. The van der Waals surface area contributed by atoms with E-state index in [9.17, 15) is 0 Å². The fourth-order valence-corrected chi connectivity index (χ4v) is 7.51. The number of furan rings is 1. The van der Waals surface area contributed by atoms with Crippen LogP contribution in [0.25, 0.3) is 33.0 Å². The molecule has 7 aromatic rings. The van der Waals surface area contributed by atoms with E-state index >= 15 is 0 Å². The van der Waals surface area contributed by atoms with Crippen molar-refractivity contribution in [1.29, 1.82) is 0 Å². The second-order valence-electron chi connectivity index (χ2n) is 11.4. The van der Waals surface area contributed by atoms with Gasteiger partial charge < -0.3 is 8.98 Å². The number of aromatic nitrogens is 1. The number of nitrogens with zero attached hydrogens (tertiary/aromatic N) is 1. The van der Waals surface area contributed by atoms with E-state index in [1.165, 1.54) is 55.1 Å². The van der Waals surface area contributed by atoms with E-state index in [-0.39, 0.29) is 17.8 Å². The summed E-state index contributed by atoms with van der Waals surface area (Å²) in [5.74, 6) is 2.53. The minimum atomic E-state index is 0.120. The first-order chi connectivity index (χ1) is 20.2. The van der Waals surface area contributed by atoms with Gasteiger partial charge in [0.2, 0.25) is 0 Å². The van der Waals surface area contributed by atoms with Gasteiger partial charge in [0.15, 0.2) is 0 Å². The molecule has 1 aliphatic rings. The Morgan fingerprint density at radius 2 is 1.22 bits per heavy atom. The molecule has 41 heavy (non-hydrogen) atoms. The second-order valence-corrected chi connectivity index (χ2v) is 11.4. The number of rotatable bonds is 4. The van der Waals surface area contributed by atoms with Gasteiger partial charge in [-0.05, 0) is 40.5 Å². The summed E-state index contributed by atoms with van der Waals surface area (Å²) in [5.41, 5.74) is 9.14. The summed E-state index contributed by atoms with van der Waals surface area (Å²) in [6.45, 7) is 2.16. The van der Waals surface area contributed by atoms with Crippen molar-refractivity contribution in [3.05, 3.63) is 167 Å². The summed E-state index contributed by atoms with van der Waals surface area (Å²) in [7, 11) is 2.17. The molecule has 2 nitrogen and oxygen atoms in total. The van der Waals surface area contributed by atoms with Crippen LogP contribution >= 0.6 is 0 Å². The van der Waals surface area contributed by atoms with Gasteiger partial charge in [-0.1, -0.05) is 121 Å². The zero-order valence-corrected chi connectivity index (χ0v) is 23.3. The number of hydrogen-bond donors (Lipinski definition) is 0. The maximum atomic E-state index is 6.88. The molecule has 2 heteroatoms. The highest BCUT2D eigenvalue weighted by Crippen LogP contribution is 2.62. The lowest BCUT2D eigenvalue weighted by atomic mass is 9.75. The summed E-state index contributed by atoms with van der Waals surface area (Å²) in [6.07, 6.45) is 2.36. The van der Waals surface area contributed by atoms with E-state index in [1.54, 1.807) is 0 Å². The van der Waals surface area contributed by atoms with Crippen molar-refractivity contribution >= 4 is 21.7 Å². The van der Waals surface area contributed by atoms with Crippen LogP contribution in [0.15, 0.2) is 138 Å². The molecule has 3 atom stereocenters. The van der Waals surface area contributed by atoms with Crippen molar-refractivity contribution in [2.45, 2.75) is 24.7 Å². The Bertz CT molecular complexity index is 2020. The molecule has 5 aromatic carbocycles. The zero-order valence-electron chi connectivity index (χ0n) is 23.3. The lowest BCUT2D eigenvalue weighted by molar-refractivity contribution is 0.512. The Morgan fingerprint density at radius 1 is 0.585 bits per heavy atom. The van der Waals surface area contributed by atoms with Gasteiger partial charge in [0, 0.05) is 58.6 Å². The average molecular weight is 530 g/mol. The highest BCUT2D eigenvalue weighted by Gasteiger charge is 2.48. The third kappa shape index (κ3) is 3.64. The first-order valence-corrected chi connectivity index (χ1v) is 14.5. The lowest BCUT2D eigenvalue weighted by Crippen LogP contribution is -2.14. The van der Waals surface area contributed by atoms with Gasteiger partial charge in [0.05, 0.1) is 0 Å². The van der Waals surface area contributed by atoms with E-state index in [2.05, 4.69) is 152 Å². The van der Waals surface area contributed by atoms with Crippen LogP contribution in [-0.2, 0) is 7.05 Å². The number of para-hydroxylation sites is 1. The van der Waals surface area contributed by atoms with Crippen LogP contribution in [0.3, 0.4) is 0 Å². The van der Waals surface area contributed by atoms with Crippen molar-refractivity contribution in [3.63, 3.8) is 0 Å². The fraction of sp³-hybridized carbons (Fsp3) is 0.128. The highest BCUT2D eigenvalue weighted by molar-refractivity contribution is 5.97. The van der Waals surface area contributed by atoms with Crippen LogP contribution in [-0.4, -0.2) is 4.57 Å². The van der Waals surface area contributed by atoms with Gasteiger partial charge in [-0.2, -0.15) is 0 Å². The monoisotopic (exact) mass is 529 g/mol. The Labute approximate surface area is 240 Å². The van der Waals surface area contributed by atoms with E-state index in [0.717, 1.165) is 11.5 Å². The number of fused-ring (bicyclic) bond motifs is 3. The van der Waals surface area contributed by atoms with Crippen molar-refractivity contribution in [2.75, 3.05) is 0 Å². The summed E-state index contributed by atoms with van der Waals surface area (Å²) in [5, 5.41) is 3.76. The quantitative estimate of drug-likeness (QED) is 0.222. The molecular formula is C39H31NO. The molecule has 1 aliphatic carbocycles. The van der Waals surface area contributed by atoms with Gasteiger partial charge >= 0.3 is 0 Å². The molecular weight excluding hydrogens is 498 g/mol. The molecule has 0 radical (unpaired) electrons. The van der Waals surface area contributed by atoms with Crippen molar-refractivity contribution in [2.24, 2.45) is 7.05 Å². The molecule has 198 valence electrons. The number of benzene rings is 5. The molecule has 2 aromatic heterocycles. The standard InChI is InChI=1S/C39H31NO/c1-25-34-35(27-15-5-3-6-16-27)36(28-17-7-4-8-18-28)37(32-24-40(2)33-23-12-11-21-30(32)33)38(34)39(41-25)31-22-13-19-26-14-9-10-20-29(26)31/h3-24,35-37H,1-2H3/t35-,36+,37-/m0/s1. The van der Waals surface area contributed by atoms with E-state index in [4.69, 9.17) is 4.42 Å². The first kappa shape index (κ1) is 24.0. The van der Waals surface area contributed by atoms with Crippen LogP contribution < -0.4 is 0 Å². The minimum Gasteiger partial charge on any atom is -0.461 e. The van der Waals surface area contributed by atoms with Crippen molar-refractivity contribution in [3.8, 4) is 11.3 Å². The predicted octanol–water partition coefficient (Wildman–Crippen LogP) is 9.96. The summed E-state index contributed by atoms with van der Waals surface area (Å²) in [6, 6.07) is 46.2. The van der Waals surface area contributed by atoms with Crippen LogP contribution in [0.4, 0.5) is 0 Å². The van der Waals surface area contributed by atoms with Crippen LogP contribution in [0.1, 0.15) is 51.3 Å². The maximum absolute atomic E-state index is 6.88. The normalized spacial score (nSPS) is 18.2. The van der Waals surface area contributed by atoms with Gasteiger partial charge in [-0.3, -0.25) is 0 Å². The molecule has 0 unspecified atom stereocenters. The topological polar surface area (TPSA) is 18.1 Å². The van der Waals surface area contributed by atoms with Gasteiger partial charge in [-0.25, -0.2) is 0 Å². The van der Waals surface area contributed by atoms with E-state index in [1.807, 2.05) is 0 Å². The van der Waals surface area contributed by atoms with Crippen LogP contribution in [0, 0.1) is 6.92 Å². The highest BCUT2D eigenvalue weighted by atomic mass is 16.3. The molecule has 0 fully saturated rings. The summed E-state index contributed by atoms with van der Waals surface area (Å²) in [4.78, 5) is 0. The molecule has 0 aliphatic heterocycles. The Morgan fingerprint density at radius 3 is 2.00 bits per heavy atom. The van der Waals surface area contributed by atoms with Gasteiger partial charge in [-0.15, -0.1) is 0 Å². The molecule has 0 amide bonds. The Balaban J connectivity index is 1.50. The average Bonchev–Trinajstić information content (AvgIpc) is 3.67. The molecule has 0 spiro atoms. The molecule has 0 N–H and O–H groups in total. The van der Waals surface area contributed by atoms with Crippen molar-refractivity contribution < 1.29 is 4.42 Å². The SMILES string of the molecule is Cc1oc(-c2cccc3ccccc23)c2c1[C@H](c1ccccc1)[C@@H](c1ccccc1)[C@@H]2c1cn(C)c2ccccc12. The predicted molar refractivity (Wildman–Crippen MR) is 169 cm³/mol. The molecule has 8 rings (SSSR count). The smallest absolute Gasteiger partial charge is 0.139 e. The third-order valence-electron chi connectivity index (χ3n) is 9.15. The van der Waals surface area contributed by atoms with Crippen LogP contribution in [0.2, 0.25) is 0 Å². The zero-order chi connectivity index (χ0) is 27.5. The van der Waals surface area contributed by atoms with E-state index in [0.29, 0.717) is 0 Å². The lowest BCUT2D eigenvalue weighted by Gasteiger charge is -2.28. The number of hydrogen-bond acceptors (Lipinski definition) is 1. The van der Waals surface area contributed by atoms with Gasteiger partial charge in [0.25, 0.3) is 0 Å². The summed E-state index contributed by atoms with van der Waals surface area (Å²) < 4.78 is 9.17. The first-order valence-electron chi connectivity index (χ1n) is 14.5. The van der Waals surface area contributed by atoms with E-state index < -0.39 is 0 Å². The summed E-state index contributed by atoms with van der Waals surface area (Å²) >= 11 is 0. The number of aryl methyl sites for hydroxylation is 2. The fourth-order valence-electron chi connectivity index (χ4n) is 7.51. The minimum absolute atomic E-state index is 0.120. The van der Waals surface area contributed by atoms with Crippen molar-refractivity contribution in [1.82, 2.24) is 4.57 Å². The maximum Gasteiger partial charge on any atom is 0.139 e. The Kier molecular flexibility index (Phi) is 5.50. The molecule has 2 heterocycles. The second kappa shape index (κ2) is 9.38. The molecule has 0 saturated heterocycles. The molecule has 0 bridgehead atoms. The Hall–Kier alpha value is -4.82. The largest absolute Gasteiger partial charge is 0.461 e.